The molecule has 296 valence electrons. The van der Waals surface area contributed by atoms with Crippen molar-refractivity contribution in [1.82, 2.24) is 0 Å². The number of nitrogens with zero attached hydrogens (tertiary/aromatic N) is 1. The lowest BCUT2D eigenvalue weighted by molar-refractivity contribution is -0.870. The number of hydrogen-bond acceptors (Lipinski definition) is 8. The van der Waals surface area contributed by atoms with Gasteiger partial charge in [0.05, 0.1) is 27.7 Å². The van der Waals surface area contributed by atoms with Crippen LogP contribution in [0.5, 0.6) is 0 Å². The molecule has 0 saturated carbocycles. The van der Waals surface area contributed by atoms with Crippen LogP contribution in [0.1, 0.15) is 149 Å². The first-order valence-electron chi connectivity index (χ1n) is 19.8. The lowest BCUT2D eigenvalue weighted by Crippen LogP contribution is -2.37. The second kappa shape index (κ2) is 33.8. The van der Waals surface area contributed by atoms with Gasteiger partial charge >= 0.3 is 11.9 Å². The smallest absolute Gasteiger partial charge is 0.306 e. The van der Waals surface area contributed by atoms with Crippen LogP contribution in [0.4, 0.5) is 0 Å². The maximum absolute atomic E-state index is 12.6. The molecule has 0 heterocycles. The van der Waals surface area contributed by atoms with Crippen LogP contribution in [-0.2, 0) is 32.7 Å². The monoisotopic (exact) mass is 740 g/mol. The third-order valence-corrected chi connectivity index (χ3v) is 9.04. The Kier molecular flexibility index (Phi) is 32.4. The van der Waals surface area contributed by atoms with Crippen molar-refractivity contribution in [1.29, 1.82) is 0 Å². The van der Waals surface area contributed by atoms with Crippen molar-refractivity contribution < 1.29 is 42.1 Å². The van der Waals surface area contributed by atoms with Crippen LogP contribution in [0.25, 0.3) is 0 Å². The van der Waals surface area contributed by atoms with Gasteiger partial charge in [-0.25, -0.2) is 0 Å². The van der Waals surface area contributed by atoms with Gasteiger partial charge in [0, 0.05) is 12.8 Å². The average molecular weight is 740 g/mol. The van der Waals surface area contributed by atoms with Crippen LogP contribution in [0.3, 0.4) is 0 Å². The summed E-state index contributed by atoms with van der Waals surface area (Å²) in [5.74, 6) is -0.895. The molecule has 51 heavy (non-hydrogen) atoms. The molecule has 1 unspecified atom stereocenters. The molecule has 10 heteroatoms. The van der Waals surface area contributed by atoms with Crippen molar-refractivity contribution in [3.05, 3.63) is 48.6 Å². The molecule has 0 radical (unpaired) electrons. The molecule has 0 bridgehead atoms. The molecule has 0 aromatic rings. The number of likely N-dealkylation sites (N-methyl/N-ethyl adjacent to an activating group) is 1. The minimum absolute atomic E-state index is 0.0409. The van der Waals surface area contributed by atoms with E-state index in [-0.39, 0.29) is 26.1 Å². The maximum atomic E-state index is 12.6. The number of rotatable bonds is 35. The highest BCUT2D eigenvalue weighted by Gasteiger charge is 2.21. The molecule has 0 saturated heterocycles. The van der Waals surface area contributed by atoms with E-state index in [2.05, 4.69) is 62.5 Å². The summed E-state index contributed by atoms with van der Waals surface area (Å²) < 4.78 is 33.7. The van der Waals surface area contributed by atoms with Gasteiger partial charge in [0.25, 0.3) is 7.82 Å². The van der Waals surface area contributed by atoms with Gasteiger partial charge in [-0.2, -0.15) is 0 Å². The predicted octanol–water partition coefficient (Wildman–Crippen LogP) is 10.1. The molecule has 9 nitrogen and oxygen atoms in total. The third-order valence-electron chi connectivity index (χ3n) is 8.07. The molecule has 2 atom stereocenters. The van der Waals surface area contributed by atoms with E-state index in [1.165, 1.54) is 38.5 Å². The summed E-state index contributed by atoms with van der Waals surface area (Å²) in [7, 11) is 1.13. The number of carbonyl (C=O) groups excluding carboxylic acids is 2. The van der Waals surface area contributed by atoms with Gasteiger partial charge in [-0.15, -0.1) is 0 Å². The molecule has 0 rings (SSSR count). The van der Waals surface area contributed by atoms with Gasteiger partial charge in [-0.1, -0.05) is 107 Å². The molecule has 0 aliphatic rings. The van der Waals surface area contributed by atoms with Gasteiger partial charge in [0.15, 0.2) is 6.10 Å². The molecule has 0 fully saturated rings. The van der Waals surface area contributed by atoms with Crippen molar-refractivity contribution in [2.24, 2.45) is 0 Å². The molecule has 0 spiro atoms. The summed E-state index contributed by atoms with van der Waals surface area (Å²) in [5, 5.41) is 0. The average Bonchev–Trinajstić information content (AvgIpc) is 3.07. The Morgan fingerprint density at radius 3 is 1.63 bits per heavy atom. The molecule has 0 N–H and O–H groups in total. The van der Waals surface area contributed by atoms with E-state index < -0.39 is 32.5 Å². The van der Waals surface area contributed by atoms with Gasteiger partial charge < -0.3 is 27.9 Å². The normalized spacial score (nSPS) is 14.2. The second-order valence-electron chi connectivity index (χ2n) is 14.3. The lowest BCUT2D eigenvalue weighted by Gasteiger charge is -2.28. The Bertz CT molecular complexity index is 1020. The van der Waals surface area contributed by atoms with Gasteiger partial charge in [-0.3, -0.25) is 14.2 Å². The zero-order valence-corrected chi connectivity index (χ0v) is 33.9. The van der Waals surface area contributed by atoms with Crippen molar-refractivity contribution in [2.75, 3.05) is 47.5 Å². The summed E-state index contributed by atoms with van der Waals surface area (Å²) in [6.45, 7) is 4.09. The van der Waals surface area contributed by atoms with Crippen LogP contribution in [0.15, 0.2) is 48.6 Å². The molecule has 0 aliphatic heterocycles. The van der Waals surface area contributed by atoms with Crippen LogP contribution in [-0.4, -0.2) is 70.0 Å². The zero-order valence-electron chi connectivity index (χ0n) is 33.0. The Morgan fingerprint density at radius 2 is 1.06 bits per heavy atom. The van der Waals surface area contributed by atoms with Gasteiger partial charge in [0.1, 0.15) is 19.8 Å². The van der Waals surface area contributed by atoms with E-state index in [0.29, 0.717) is 23.9 Å². The van der Waals surface area contributed by atoms with E-state index in [4.69, 9.17) is 18.5 Å². The number of ether oxygens (including phenoxy) is 2. The summed E-state index contributed by atoms with van der Waals surface area (Å²) >= 11 is 0. The zero-order chi connectivity index (χ0) is 37.9. The first kappa shape index (κ1) is 49.0. The number of carbonyl (C=O) groups is 2. The molecular weight excluding hydrogens is 665 g/mol. The minimum Gasteiger partial charge on any atom is -0.756 e. The van der Waals surface area contributed by atoms with E-state index in [0.717, 1.165) is 70.6 Å². The van der Waals surface area contributed by atoms with Crippen molar-refractivity contribution in [3.63, 3.8) is 0 Å². The number of phosphoric acid groups is 1. The van der Waals surface area contributed by atoms with Crippen molar-refractivity contribution in [2.45, 2.75) is 155 Å². The summed E-state index contributed by atoms with van der Waals surface area (Å²) in [5.41, 5.74) is 0. The topological polar surface area (TPSA) is 111 Å². The number of quaternary nitrogens is 1. The highest BCUT2D eigenvalue weighted by molar-refractivity contribution is 7.45. The van der Waals surface area contributed by atoms with E-state index >= 15 is 0 Å². The number of phosphoric ester groups is 1. The van der Waals surface area contributed by atoms with Gasteiger partial charge in [-0.05, 0) is 77.0 Å². The Labute approximate surface area is 312 Å². The fourth-order valence-electron chi connectivity index (χ4n) is 4.89. The Hall–Kier alpha value is -2.03. The third kappa shape index (κ3) is 37.5. The minimum atomic E-state index is -4.63. The maximum Gasteiger partial charge on any atom is 0.306 e. The summed E-state index contributed by atoms with van der Waals surface area (Å²) in [6.07, 6.45) is 37.1. The lowest BCUT2D eigenvalue weighted by atomic mass is 10.1. The van der Waals surface area contributed by atoms with Crippen LogP contribution in [0, 0.1) is 0 Å². The molecule has 0 aromatic heterocycles. The quantitative estimate of drug-likeness (QED) is 0.0208. The molecule has 0 aromatic carbocycles. The number of esters is 2. The first-order valence-corrected chi connectivity index (χ1v) is 21.3. The summed E-state index contributed by atoms with van der Waals surface area (Å²) in [4.78, 5) is 37.3. The van der Waals surface area contributed by atoms with E-state index in [9.17, 15) is 19.0 Å². The number of unbranched alkanes of at least 4 members (excludes halogenated alkanes) is 13. The van der Waals surface area contributed by atoms with E-state index in [1.807, 2.05) is 21.1 Å². The predicted molar refractivity (Wildman–Crippen MR) is 208 cm³/mol. The fraction of sp³-hybridized carbons (Fsp3) is 0.756. The second-order valence-corrected chi connectivity index (χ2v) is 15.7. The molecule has 0 amide bonds. The molecule has 0 aliphatic carbocycles. The molecular formula is C41H74NO8P. The number of allylic oxidation sites excluding steroid dienone is 8. The number of hydrogen-bond donors (Lipinski definition) is 0. The highest BCUT2D eigenvalue weighted by atomic mass is 31.2. The fourth-order valence-corrected chi connectivity index (χ4v) is 5.62. The van der Waals surface area contributed by atoms with Gasteiger partial charge in [0.2, 0.25) is 0 Å². The standard InChI is InChI=1S/C41H74NO8P/c1-6-8-10-12-14-16-18-20-21-22-24-26-28-30-32-34-41(44)50-39(38-49-51(45,46)48-36-35-42(3,4)5)37-47-40(43)33-31-29-27-25-23-19-17-15-13-11-9-7-2/h14-17,20-21,24,26,39H,6-13,18-19,22-23,25,27-38H2,1-5H3/b16-14-,17-15-,21-20-,26-24-/t39-/m1/s1. The van der Waals surface area contributed by atoms with Crippen molar-refractivity contribution >= 4 is 19.8 Å². The Morgan fingerprint density at radius 1 is 0.608 bits per heavy atom. The first-order chi connectivity index (χ1) is 24.5. The van der Waals surface area contributed by atoms with Crippen LogP contribution in [0.2, 0.25) is 0 Å². The highest BCUT2D eigenvalue weighted by Crippen LogP contribution is 2.38. The van der Waals surface area contributed by atoms with E-state index in [1.54, 1.807) is 0 Å². The van der Waals surface area contributed by atoms with Crippen molar-refractivity contribution in [3.8, 4) is 0 Å². The largest absolute Gasteiger partial charge is 0.756 e. The Balaban J connectivity index is 4.52. The SMILES string of the molecule is CCCCC/C=C\C/C=C\C/C=C\CCCCC(=O)O[C@H](COC(=O)CCCCCCC/C=C\CCCCC)COP(=O)([O-])OCC[N+](C)(C)C. The van der Waals surface area contributed by atoms with Crippen LogP contribution < -0.4 is 4.89 Å². The van der Waals surface area contributed by atoms with Crippen LogP contribution >= 0.6 is 7.82 Å². The summed E-state index contributed by atoms with van der Waals surface area (Å²) in [6, 6.07) is 0.